The lowest BCUT2D eigenvalue weighted by molar-refractivity contribution is 0.352. The molecule has 1 atom stereocenters. The van der Waals surface area contributed by atoms with Crippen molar-refractivity contribution in [2.45, 2.75) is 38.1 Å². The summed E-state index contributed by atoms with van der Waals surface area (Å²) in [5, 5.41) is 16.4. The second-order valence-corrected chi connectivity index (χ2v) is 12.0. The normalized spacial score (nSPS) is 13.3. The Morgan fingerprint density at radius 3 is 2.15 bits per heavy atom. The zero-order valence-corrected chi connectivity index (χ0v) is 21.2. The van der Waals surface area contributed by atoms with Gasteiger partial charge in [-0.05, 0) is 29.5 Å². The summed E-state index contributed by atoms with van der Waals surface area (Å²) in [5.41, 5.74) is -0.622. The molecule has 0 heterocycles. The van der Waals surface area contributed by atoms with Gasteiger partial charge in [-0.3, -0.25) is 9.59 Å². The third-order valence-electron chi connectivity index (χ3n) is 5.33. The number of nitrogens with one attached hydrogen (secondary N) is 2. The van der Waals surface area contributed by atoms with Crippen molar-refractivity contribution < 1.29 is 13.5 Å². The molecule has 0 aliphatic carbocycles. The predicted molar refractivity (Wildman–Crippen MR) is 136 cm³/mol. The lowest BCUT2D eigenvalue weighted by Gasteiger charge is -2.29. The number of benzene rings is 2. The van der Waals surface area contributed by atoms with E-state index in [1.54, 1.807) is 0 Å². The molecule has 0 radical (unpaired) electrons. The lowest BCUT2D eigenvalue weighted by atomic mass is 9.85. The molecule has 8 nitrogen and oxygen atoms in total. The van der Waals surface area contributed by atoms with Crippen molar-refractivity contribution in [3.63, 3.8) is 0 Å². The average molecular weight is 506 g/mol. The van der Waals surface area contributed by atoms with Crippen molar-refractivity contribution >= 4 is 38.7 Å². The molecule has 3 aromatic rings. The fraction of sp³-hybridized carbons (Fsp3) is 0.333. The maximum Gasteiger partial charge on any atom is 0.253 e. The molecular weight excluding hydrogens is 478 g/mol. The molecule has 10 heteroatoms. The van der Waals surface area contributed by atoms with Crippen LogP contribution in [0.15, 0.2) is 56.9 Å². The standard InChI is InChI=1S/C24H28ClN3O5S/c1-24(2,3)13-17(14-9-7-6-8-10-14)27-19-18(21(30)22(19)31)26-16-12-11-15(25)23(20(16)29)34(32,33)28(4)5/h6-12,17,26-27,29H,13H2,1-5H3. The summed E-state index contributed by atoms with van der Waals surface area (Å²) in [6, 6.07) is 11.9. The molecule has 0 amide bonds. The summed E-state index contributed by atoms with van der Waals surface area (Å²) >= 11 is 6.05. The van der Waals surface area contributed by atoms with E-state index in [1.807, 2.05) is 30.3 Å². The van der Waals surface area contributed by atoms with Crippen LogP contribution in [0.5, 0.6) is 5.75 Å². The zero-order valence-electron chi connectivity index (χ0n) is 19.6. The van der Waals surface area contributed by atoms with Crippen molar-refractivity contribution in [2.24, 2.45) is 5.41 Å². The van der Waals surface area contributed by atoms with E-state index >= 15 is 0 Å². The Labute approximate surface area is 203 Å². The highest BCUT2D eigenvalue weighted by Crippen LogP contribution is 2.40. The van der Waals surface area contributed by atoms with Crippen molar-refractivity contribution in [2.75, 3.05) is 24.7 Å². The van der Waals surface area contributed by atoms with Gasteiger partial charge in [0, 0.05) is 14.1 Å². The molecule has 34 heavy (non-hydrogen) atoms. The molecule has 0 saturated carbocycles. The van der Waals surface area contributed by atoms with Gasteiger partial charge >= 0.3 is 0 Å². The van der Waals surface area contributed by atoms with Crippen LogP contribution in [-0.2, 0) is 10.0 Å². The summed E-state index contributed by atoms with van der Waals surface area (Å²) in [4.78, 5) is 24.4. The Hall–Kier alpha value is -2.88. The number of phenolic OH excluding ortho intramolecular Hbond substituents is 1. The van der Waals surface area contributed by atoms with Crippen molar-refractivity contribution in [1.82, 2.24) is 4.31 Å². The van der Waals surface area contributed by atoms with Crippen LogP contribution >= 0.6 is 11.6 Å². The molecule has 0 aliphatic heterocycles. The van der Waals surface area contributed by atoms with E-state index in [-0.39, 0.29) is 33.5 Å². The van der Waals surface area contributed by atoms with Gasteiger partial charge in [-0.1, -0.05) is 62.7 Å². The number of halogens is 1. The van der Waals surface area contributed by atoms with Crippen LogP contribution in [0.25, 0.3) is 0 Å². The highest BCUT2D eigenvalue weighted by molar-refractivity contribution is 7.89. The van der Waals surface area contributed by atoms with E-state index in [9.17, 15) is 23.1 Å². The SMILES string of the molecule is CN(C)S(=O)(=O)c1c(Cl)ccc(Nc2c(NC(CC(C)(C)C)c3ccccc3)c(=O)c2=O)c1O. The maximum atomic E-state index is 12.6. The smallest absolute Gasteiger partial charge is 0.253 e. The topological polar surface area (TPSA) is 116 Å². The molecule has 0 bridgehead atoms. The minimum absolute atomic E-state index is 0.0503. The molecular formula is C24H28ClN3O5S. The molecule has 3 N–H and O–H groups in total. The fourth-order valence-corrected chi connectivity index (χ4v) is 5.06. The van der Waals surface area contributed by atoms with E-state index < -0.39 is 31.5 Å². The monoisotopic (exact) mass is 505 g/mol. The quantitative estimate of drug-likeness (QED) is 0.310. The Morgan fingerprint density at radius 2 is 1.59 bits per heavy atom. The molecule has 0 saturated heterocycles. The first-order valence-electron chi connectivity index (χ1n) is 10.6. The number of sulfonamides is 1. The highest BCUT2D eigenvalue weighted by atomic mass is 35.5. The molecule has 0 aromatic heterocycles. The Bertz CT molecular complexity index is 1370. The van der Waals surface area contributed by atoms with E-state index in [0.29, 0.717) is 6.42 Å². The van der Waals surface area contributed by atoms with Crippen LogP contribution in [0.3, 0.4) is 0 Å². The second kappa shape index (κ2) is 9.40. The van der Waals surface area contributed by atoms with Crippen LogP contribution < -0.4 is 21.5 Å². The van der Waals surface area contributed by atoms with Crippen LogP contribution in [0.4, 0.5) is 17.1 Å². The minimum Gasteiger partial charge on any atom is -0.504 e. The Balaban J connectivity index is 2.01. The van der Waals surface area contributed by atoms with Gasteiger partial charge in [0.1, 0.15) is 16.3 Å². The summed E-state index contributed by atoms with van der Waals surface area (Å²) in [6.45, 7) is 6.22. The maximum absolute atomic E-state index is 12.6. The number of aromatic hydroxyl groups is 1. The first kappa shape index (κ1) is 25.7. The van der Waals surface area contributed by atoms with Gasteiger partial charge in [-0.2, -0.15) is 0 Å². The molecule has 3 aromatic carbocycles. The highest BCUT2D eigenvalue weighted by Gasteiger charge is 2.30. The van der Waals surface area contributed by atoms with Gasteiger partial charge in [0.15, 0.2) is 5.75 Å². The summed E-state index contributed by atoms with van der Waals surface area (Å²) in [6.07, 6.45) is 0.673. The Morgan fingerprint density at radius 1 is 1.00 bits per heavy atom. The van der Waals surface area contributed by atoms with E-state index in [4.69, 9.17) is 11.6 Å². The second-order valence-electron chi connectivity index (χ2n) is 9.47. The number of hydrogen-bond acceptors (Lipinski definition) is 7. The third kappa shape index (κ3) is 5.11. The van der Waals surface area contributed by atoms with Crippen molar-refractivity contribution in [3.05, 3.63) is 73.5 Å². The van der Waals surface area contributed by atoms with Gasteiger partial charge < -0.3 is 15.7 Å². The van der Waals surface area contributed by atoms with Gasteiger partial charge in [0.05, 0.1) is 16.8 Å². The fourth-order valence-electron chi connectivity index (χ4n) is 3.58. The van der Waals surface area contributed by atoms with Gasteiger partial charge in [-0.15, -0.1) is 0 Å². The number of anilines is 3. The molecule has 1 unspecified atom stereocenters. The van der Waals surface area contributed by atoms with Crippen molar-refractivity contribution in [1.29, 1.82) is 0 Å². The molecule has 0 fully saturated rings. The Kier molecular flexibility index (Phi) is 7.12. The van der Waals surface area contributed by atoms with Gasteiger partial charge in [0.25, 0.3) is 10.9 Å². The van der Waals surface area contributed by atoms with Crippen LogP contribution in [-0.4, -0.2) is 31.9 Å². The molecule has 182 valence electrons. The largest absolute Gasteiger partial charge is 0.504 e. The number of hydrogen-bond donors (Lipinski definition) is 3. The van der Waals surface area contributed by atoms with Gasteiger partial charge in [0.2, 0.25) is 10.0 Å². The van der Waals surface area contributed by atoms with Crippen LogP contribution in [0.1, 0.15) is 38.8 Å². The van der Waals surface area contributed by atoms with Crippen LogP contribution in [0.2, 0.25) is 5.02 Å². The summed E-state index contributed by atoms with van der Waals surface area (Å²) in [5.74, 6) is -0.644. The zero-order chi connectivity index (χ0) is 25.4. The first-order valence-corrected chi connectivity index (χ1v) is 12.4. The average Bonchev–Trinajstić information content (AvgIpc) is 2.75. The van der Waals surface area contributed by atoms with E-state index in [0.717, 1.165) is 9.87 Å². The minimum atomic E-state index is -4.07. The summed E-state index contributed by atoms with van der Waals surface area (Å²) in [7, 11) is -1.45. The molecule has 3 rings (SSSR count). The number of phenols is 1. The predicted octanol–water partition coefficient (Wildman–Crippen LogP) is 4.22. The number of nitrogens with zero attached hydrogens (tertiary/aromatic N) is 1. The summed E-state index contributed by atoms with van der Waals surface area (Å²) < 4.78 is 26.2. The van der Waals surface area contributed by atoms with E-state index in [1.165, 1.54) is 26.2 Å². The lowest BCUT2D eigenvalue weighted by Crippen LogP contribution is -2.38. The van der Waals surface area contributed by atoms with Crippen molar-refractivity contribution in [3.8, 4) is 5.75 Å². The first-order chi connectivity index (χ1) is 15.7. The number of rotatable bonds is 8. The van der Waals surface area contributed by atoms with Crippen LogP contribution in [0, 0.1) is 5.41 Å². The molecule has 0 aliphatic rings. The van der Waals surface area contributed by atoms with Gasteiger partial charge in [-0.25, -0.2) is 12.7 Å². The molecule has 0 spiro atoms. The van der Waals surface area contributed by atoms with E-state index in [2.05, 4.69) is 31.4 Å². The third-order valence-corrected chi connectivity index (χ3v) is 7.65.